The van der Waals surface area contributed by atoms with Gasteiger partial charge < -0.3 is 14.6 Å². The number of carbonyl (C=O) groups excluding carboxylic acids is 1. The topological polar surface area (TPSA) is 55.8 Å². The van der Waals surface area contributed by atoms with Gasteiger partial charge in [-0.05, 0) is 76.3 Å². The third kappa shape index (κ3) is 6.70. The van der Waals surface area contributed by atoms with Crippen molar-refractivity contribution in [2.24, 2.45) is 23.2 Å². The third-order valence-corrected chi connectivity index (χ3v) is 10.1. The summed E-state index contributed by atoms with van der Waals surface area (Å²) >= 11 is 0. The zero-order valence-electron chi connectivity index (χ0n) is 26.8. The standard InChI is InChI=1S/C34H58O4/c1-22(2)16-13-17-23(3)18-14-19-24(4)20-15-21-33(11)32(9,10)34(12,37-28(8)35)29-27(7)30(36)25(5)26(6)31(29)38-33/h22-24,36H,13-21H2,1-12H3/t23-,24+,33-,34?/m0/s1. The quantitative estimate of drug-likeness (QED) is 0.258. The minimum absolute atomic E-state index is 0.255. The van der Waals surface area contributed by atoms with Crippen LogP contribution in [0.3, 0.4) is 0 Å². The zero-order valence-corrected chi connectivity index (χ0v) is 26.8. The van der Waals surface area contributed by atoms with E-state index in [4.69, 9.17) is 9.47 Å². The molecule has 0 aliphatic carbocycles. The van der Waals surface area contributed by atoms with Gasteiger partial charge in [0.15, 0.2) is 0 Å². The lowest BCUT2D eigenvalue weighted by Crippen LogP contribution is -2.62. The molecule has 218 valence electrons. The highest BCUT2D eigenvalue weighted by atomic mass is 16.6. The maximum Gasteiger partial charge on any atom is 0.303 e. The highest BCUT2D eigenvalue weighted by Crippen LogP contribution is 2.61. The highest BCUT2D eigenvalue weighted by Gasteiger charge is 2.62. The molecule has 1 N–H and O–H groups in total. The fraction of sp³-hybridized carbons (Fsp3) is 0.794. The van der Waals surface area contributed by atoms with Crippen LogP contribution in [0.4, 0.5) is 0 Å². The summed E-state index contributed by atoms with van der Waals surface area (Å²) in [5.74, 6) is 3.02. The smallest absolute Gasteiger partial charge is 0.303 e. The second-order valence-electron chi connectivity index (χ2n) is 13.9. The molecule has 4 nitrogen and oxygen atoms in total. The Labute approximate surface area is 234 Å². The van der Waals surface area contributed by atoms with E-state index in [0.29, 0.717) is 5.92 Å². The van der Waals surface area contributed by atoms with Crippen LogP contribution in [0.5, 0.6) is 11.5 Å². The van der Waals surface area contributed by atoms with E-state index < -0.39 is 16.6 Å². The number of hydrogen-bond donors (Lipinski definition) is 1. The lowest BCUT2D eigenvalue weighted by Gasteiger charge is -2.58. The summed E-state index contributed by atoms with van der Waals surface area (Å²) in [6.07, 6.45) is 11.1. The van der Waals surface area contributed by atoms with Gasteiger partial charge in [0.25, 0.3) is 0 Å². The Hall–Kier alpha value is -1.71. The van der Waals surface area contributed by atoms with Crippen molar-refractivity contribution in [3.05, 3.63) is 22.3 Å². The van der Waals surface area contributed by atoms with Crippen LogP contribution < -0.4 is 4.74 Å². The van der Waals surface area contributed by atoms with E-state index in [9.17, 15) is 9.90 Å². The summed E-state index contributed by atoms with van der Waals surface area (Å²) in [4.78, 5) is 12.4. The number of hydrogen-bond acceptors (Lipinski definition) is 4. The monoisotopic (exact) mass is 530 g/mol. The molecule has 1 aliphatic heterocycles. The summed E-state index contributed by atoms with van der Waals surface area (Å²) in [6.45, 7) is 25.2. The fourth-order valence-electron chi connectivity index (χ4n) is 6.57. The van der Waals surface area contributed by atoms with E-state index >= 15 is 0 Å². The molecule has 4 heteroatoms. The lowest BCUT2D eigenvalue weighted by atomic mass is 9.58. The number of ether oxygens (including phenoxy) is 2. The van der Waals surface area contributed by atoms with E-state index in [1.165, 1.54) is 51.9 Å². The highest BCUT2D eigenvalue weighted by molar-refractivity contribution is 5.69. The predicted octanol–water partition coefficient (Wildman–Crippen LogP) is 9.71. The molecule has 0 amide bonds. The minimum Gasteiger partial charge on any atom is -0.507 e. The van der Waals surface area contributed by atoms with E-state index in [0.717, 1.165) is 52.7 Å². The van der Waals surface area contributed by atoms with Crippen LogP contribution in [-0.2, 0) is 15.1 Å². The average Bonchev–Trinajstić information content (AvgIpc) is 2.79. The van der Waals surface area contributed by atoms with Crippen molar-refractivity contribution in [1.82, 2.24) is 0 Å². The molecule has 1 aromatic rings. The van der Waals surface area contributed by atoms with Crippen molar-refractivity contribution in [1.29, 1.82) is 0 Å². The van der Waals surface area contributed by atoms with Gasteiger partial charge in [-0.2, -0.15) is 0 Å². The van der Waals surface area contributed by atoms with Crippen molar-refractivity contribution in [2.75, 3.05) is 0 Å². The van der Waals surface area contributed by atoms with Gasteiger partial charge in [0.05, 0.1) is 0 Å². The number of phenolic OH excluding ortho intramolecular Hbond substituents is 1. The Morgan fingerprint density at radius 1 is 0.816 bits per heavy atom. The van der Waals surface area contributed by atoms with Crippen LogP contribution >= 0.6 is 0 Å². The number of aromatic hydroxyl groups is 1. The van der Waals surface area contributed by atoms with Gasteiger partial charge in [0.1, 0.15) is 22.7 Å². The Kier molecular flexibility index (Phi) is 10.8. The average molecular weight is 531 g/mol. The molecule has 0 radical (unpaired) electrons. The van der Waals surface area contributed by atoms with Gasteiger partial charge >= 0.3 is 5.97 Å². The van der Waals surface area contributed by atoms with Crippen LogP contribution in [0.25, 0.3) is 0 Å². The largest absolute Gasteiger partial charge is 0.507 e. The SMILES string of the molecule is CC(=O)OC1(C)c2c(C)c(O)c(C)c(C)c2O[C@@](C)(CCC[C@H](C)CCC[C@@H](C)CCCC(C)C)C1(C)C. The molecule has 4 atom stereocenters. The summed E-state index contributed by atoms with van der Waals surface area (Å²) < 4.78 is 13.1. The zero-order chi connectivity index (χ0) is 29.1. The van der Waals surface area contributed by atoms with Gasteiger partial charge in [-0.15, -0.1) is 0 Å². The minimum atomic E-state index is -0.932. The van der Waals surface area contributed by atoms with Crippen LogP contribution in [0, 0.1) is 43.9 Å². The Morgan fingerprint density at radius 2 is 1.32 bits per heavy atom. The van der Waals surface area contributed by atoms with Gasteiger partial charge in [0, 0.05) is 23.5 Å². The third-order valence-electron chi connectivity index (χ3n) is 10.1. The number of carbonyl (C=O) groups is 1. The van der Waals surface area contributed by atoms with Crippen LogP contribution in [-0.4, -0.2) is 16.7 Å². The van der Waals surface area contributed by atoms with Crippen molar-refractivity contribution in [3.63, 3.8) is 0 Å². The molecule has 0 saturated carbocycles. The number of rotatable bonds is 13. The first kappa shape index (κ1) is 32.5. The second kappa shape index (κ2) is 12.6. The number of esters is 1. The maximum atomic E-state index is 12.4. The van der Waals surface area contributed by atoms with E-state index in [2.05, 4.69) is 48.5 Å². The van der Waals surface area contributed by atoms with Crippen molar-refractivity contribution < 1.29 is 19.4 Å². The molecule has 0 fully saturated rings. The Morgan fingerprint density at radius 3 is 1.82 bits per heavy atom. The fourth-order valence-corrected chi connectivity index (χ4v) is 6.57. The van der Waals surface area contributed by atoms with Crippen LogP contribution in [0.1, 0.15) is 142 Å². The van der Waals surface area contributed by atoms with Gasteiger partial charge in [0.2, 0.25) is 0 Å². The second-order valence-corrected chi connectivity index (χ2v) is 13.9. The molecule has 38 heavy (non-hydrogen) atoms. The summed E-state index contributed by atoms with van der Waals surface area (Å²) in [7, 11) is 0. The number of phenols is 1. The first-order valence-electron chi connectivity index (χ1n) is 15.2. The molecule has 0 aromatic heterocycles. The Balaban J connectivity index is 2.14. The predicted molar refractivity (Wildman–Crippen MR) is 159 cm³/mol. The van der Waals surface area contributed by atoms with E-state index in [1.54, 1.807) is 0 Å². The molecule has 0 bridgehead atoms. The number of benzene rings is 1. The molecule has 2 rings (SSSR count). The molecule has 0 spiro atoms. The van der Waals surface area contributed by atoms with E-state index in [-0.39, 0.29) is 11.7 Å². The molecule has 1 aromatic carbocycles. The summed E-state index contributed by atoms with van der Waals surface area (Å²) in [5.41, 5.74) is 1.28. The molecule has 1 heterocycles. The normalized spacial score (nSPS) is 24.0. The molecular formula is C34H58O4. The van der Waals surface area contributed by atoms with Gasteiger partial charge in [-0.3, -0.25) is 4.79 Å². The first-order valence-corrected chi connectivity index (χ1v) is 15.2. The molecule has 1 aliphatic rings. The first-order chi connectivity index (χ1) is 17.5. The molecule has 1 unspecified atom stereocenters. The number of fused-ring (bicyclic) bond motifs is 1. The van der Waals surface area contributed by atoms with Crippen LogP contribution in [0.15, 0.2) is 0 Å². The van der Waals surface area contributed by atoms with Gasteiger partial charge in [-0.1, -0.05) is 86.5 Å². The summed E-state index contributed by atoms with van der Waals surface area (Å²) in [5, 5.41) is 10.9. The van der Waals surface area contributed by atoms with Gasteiger partial charge in [-0.25, -0.2) is 0 Å². The van der Waals surface area contributed by atoms with E-state index in [1.807, 2.05) is 27.7 Å². The molecular weight excluding hydrogens is 472 g/mol. The lowest BCUT2D eigenvalue weighted by molar-refractivity contribution is -0.210. The maximum absolute atomic E-state index is 12.4. The Bertz CT molecular complexity index is 962. The summed E-state index contributed by atoms with van der Waals surface area (Å²) in [6, 6.07) is 0. The van der Waals surface area contributed by atoms with Crippen LogP contribution in [0.2, 0.25) is 0 Å². The van der Waals surface area contributed by atoms with Crippen molar-refractivity contribution >= 4 is 5.97 Å². The molecule has 0 saturated heterocycles. The van der Waals surface area contributed by atoms with Crippen molar-refractivity contribution in [3.8, 4) is 11.5 Å². The van der Waals surface area contributed by atoms with Crippen molar-refractivity contribution in [2.45, 2.75) is 152 Å².